The Morgan fingerprint density at radius 2 is 1.65 bits per heavy atom. The molecule has 4 aromatic rings. The van der Waals surface area contributed by atoms with Crippen molar-refractivity contribution in [1.29, 1.82) is 0 Å². The number of fused-ring (bicyclic) bond motifs is 2. The lowest BCUT2D eigenvalue weighted by molar-refractivity contribution is -0.122. The van der Waals surface area contributed by atoms with Gasteiger partial charge in [-0.3, -0.25) is 9.69 Å². The van der Waals surface area contributed by atoms with Gasteiger partial charge in [0.1, 0.15) is 9.93 Å². The minimum atomic E-state index is -0.000212. The molecular weight excluding hydrogens is 518 g/mol. The van der Waals surface area contributed by atoms with E-state index in [1.54, 1.807) is 11.8 Å². The Morgan fingerprint density at radius 3 is 2.49 bits per heavy atom. The molecule has 0 spiro atoms. The molecule has 0 unspecified atom stereocenters. The Morgan fingerprint density at radius 1 is 0.865 bits per heavy atom. The first-order chi connectivity index (χ1) is 18.1. The molecule has 0 bridgehead atoms. The van der Waals surface area contributed by atoms with Crippen LogP contribution in [0, 0.1) is 0 Å². The molecule has 4 aromatic carbocycles. The highest BCUT2D eigenvalue weighted by Crippen LogP contribution is 2.51. The number of hydrogen-bond acceptors (Lipinski definition) is 5. The molecule has 0 radical (unpaired) electrons. The van der Waals surface area contributed by atoms with Crippen molar-refractivity contribution in [2.75, 3.05) is 18.0 Å². The highest BCUT2D eigenvalue weighted by Gasteiger charge is 2.39. The topological polar surface area (TPSA) is 35.9 Å². The first-order valence-corrected chi connectivity index (χ1v) is 14.2. The van der Waals surface area contributed by atoms with Crippen molar-refractivity contribution in [3.8, 4) is 0 Å². The van der Waals surface area contributed by atoms with Gasteiger partial charge in [-0.25, -0.2) is 4.99 Å². The van der Waals surface area contributed by atoms with Crippen LogP contribution in [0.15, 0.2) is 111 Å². The zero-order valence-corrected chi connectivity index (χ0v) is 22.6. The first-order valence-electron chi connectivity index (χ1n) is 12.2. The van der Waals surface area contributed by atoms with Crippen LogP contribution in [-0.4, -0.2) is 29.1 Å². The van der Waals surface area contributed by atoms with Crippen LogP contribution in [0.5, 0.6) is 0 Å². The number of carbonyl (C=O) groups excluding carboxylic acids is 1. The van der Waals surface area contributed by atoms with Crippen molar-refractivity contribution in [3.63, 3.8) is 0 Å². The van der Waals surface area contributed by atoms with Crippen molar-refractivity contribution in [2.24, 2.45) is 4.99 Å². The lowest BCUT2D eigenvalue weighted by atomic mass is 10.1. The summed E-state index contributed by atoms with van der Waals surface area (Å²) >= 11 is 9.41. The van der Waals surface area contributed by atoms with Crippen LogP contribution in [0.1, 0.15) is 12.5 Å². The third-order valence-electron chi connectivity index (χ3n) is 6.49. The Hall–Kier alpha value is -3.19. The molecule has 184 valence electrons. The van der Waals surface area contributed by atoms with E-state index in [1.807, 2.05) is 65.6 Å². The van der Waals surface area contributed by atoms with Crippen LogP contribution in [0.2, 0.25) is 5.02 Å². The molecule has 37 heavy (non-hydrogen) atoms. The fraction of sp³-hybridized carbons (Fsp3) is 0.133. The third-order valence-corrected chi connectivity index (χ3v) is 9.10. The van der Waals surface area contributed by atoms with Crippen LogP contribution >= 0.6 is 35.1 Å². The fourth-order valence-corrected chi connectivity index (χ4v) is 7.21. The van der Waals surface area contributed by atoms with Crippen molar-refractivity contribution in [2.45, 2.75) is 18.2 Å². The van der Waals surface area contributed by atoms with Crippen molar-refractivity contribution >= 4 is 68.3 Å². The Labute approximate surface area is 230 Å². The van der Waals surface area contributed by atoms with E-state index in [-0.39, 0.29) is 5.91 Å². The summed E-state index contributed by atoms with van der Waals surface area (Å²) < 4.78 is 0. The van der Waals surface area contributed by atoms with Gasteiger partial charge in [0.05, 0.1) is 11.4 Å². The summed E-state index contributed by atoms with van der Waals surface area (Å²) in [6.07, 6.45) is 0.755. The summed E-state index contributed by atoms with van der Waals surface area (Å²) in [5.41, 5.74) is 3.11. The number of aliphatic imine (C=N–C) groups is 1. The van der Waals surface area contributed by atoms with Gasteiger partial charge < -0.3 is 4.90 Å². The number of amidine groups is 1. The van der Waals surface area contributed by atoms with Crippen LogP contribution in [0.3, 0.4) is 0 Å². The maximum atomic E-state index is 14.0. The lowest BCUT2D eigenvalue weighted by Gasteiger charge is -2.19. The van der Waals surface area contributed by atoms with Gasteiger partial charge in [-0.05, 0) is 60.3 Å². The molecule has 6 rings (SSSR count). The molecule has 0 saturated carbocycles. The average molecular weight is 542 g/mol. The van der Waals surface area contributed by atoms with E-state index in [9.17, 15) is 4.79 Å². The zero-order valence-electron chi connectivity index (χ0n) is 20.2. The quantitative estimate of drug-likeness (QED) is 0.239. The Kier molecular flexibility index (Phi) is 6.72. The number of benzene rings is 4. The number of carbonyl (C=O) groups is 1. The molecule has 1 fully saturated rings. The number of nitrogens with zero attached hydrogens (tertiary/aromatic N) is 3. The molecule has 0 aromatic heterocycles. The minimum absolute atomic E-state index is 0.000212. The van der Waals surface area contributed by atoms with Gasteiger partial charge in [-0.15, -0.1) is 0 Å². The van der Waals surface area contributed by atoms with Crippen molar-refractivity contribution < 1.29 is 4.79 Å². The summed E-state index contributed by atoms with van der Waals surface area (Å²) in [6.45, 7) is 3.40. The number of thioether (sulfide) groups is 2. The smallest absolute Gasteiger partial charge is 0.269 e. The highest BCUT2D eigenvalue weighted by molar-refractivity contribution is 8.19. The van der Waals surface area contributed by atoms with E-state index >= 15 is 0 Å². The maximum absolute atomic E-state index is 14.0. The van der Waals surface area contributed by atoms with Gasteiger partial charge >= 0.3 is 0 Å². The second-order valence-electron chi connectivity index (χ2n) is 8.78. The van der Waals surface area contributed by atoms with Crippen LogP contribution in [0.25, 0.3) is 10.8 Å². The normalized spacial score (nSPS) is 18.3. The van der Waals surface area contributed by atoms with E-state index in [0.717, 1.165) is 45.0 Å². The Balaban J connectivity index is 1.42. The molecule has 0 N–H and O–H groups in total. The van der Waals surface area contributed by atoms with Crippen molar-refractivity contribution in [1.82, 2.24) is 4.90 Å². The molecule has 2 heterocycles. The zero-order chi connectivity index (χ0) is 25.4. The lowest BCUT2D eigenvalue weighted by Crippen LogP contribution is -2.32. The van der Waals surface area contributed by atoms with Gasteiger partial charge in [-0.1, -0.05) is 90.1 Å². The van der Waals surface area contributed by atoms with Crippen LogP contribution < -0.4 is 4.90 Å². The number of hydrogen-bond donors (Lipinski definition) is 0. The first kappa shape index (κ1) is 24.2. The van der Waals surface area contributed by atoms with E-state index in [4.69, 9.17) is 16.6 Å². The van der Waals surface area contributed by atoms with E-state index in [0.29, 0.717) is 21.6 Å². The predicted molar refractivity (Wildman–Crippen MR) is 158 cm³/mol. The summed E-state index contributed by atoms with van der Waals surface area (Å²) in [7, 11) is 0. The molecule has 2 aliphatic rings. The minimum Gasteiger partial charge on any atom is -0.334 e. The molecule has 4 nitrogen and oxygen atoms in total. The van der Waals surface area contributed by atoms with Gasteiger partial charge in [0, 0.05) is 28.4 Å². The molecule has 0 aliphatic carbocycles. The second kappa shape index (κ2) is 10.3. The Bertz CT molecular complexity index is 1560. The number of rotatable bonds is 5. The summed E-state index contributed by atoms with van der Waals surface area (Å²) in [4.78, 5) is 24.9. The highest BCUT2D eigenvalue weighted by atomic mass is 35.5. The molecule has 1 amide bonds. The molecular formula is C30H24ClN3OS2. The van der Waals surface area contributed by atoms with Crippen LogP contribution in [0.4, 0.5) is 11.4 Å². The van der Waals surface area contributed by atoms with Gasteiger partial charge in [0.15, 0.2) is 5.17 Å². The summed E-state index contributed by atoms with van der Waals surface area (Å²) in [5.74, 6) is -0.000212. The summed E-state index contributed by atoms with van der Waals surface area (Å²) in [6, 6.07) is 30.5. The standard InChI is InChI=1S/C30H24ClN3OS2/c1-2-33-25-19-22(31)15-16-26(25)36-29(33)27-28(35)34(18-17-20-9-4-3-5-10-20)30(37-27)32-24-14-8-12-21-11-6-7-13-23(21)24/h3-16,19H,2,17-18H2,1H3/b29-27-,32-30?. The van der Waals surface area contributed by atoms with Gasteiger partial charge in [0.2, 0.25) is 0 Å². The predicted octanol–water partition coefficient (Wildman–Crippen LogP) is 8.10. The monoisotopic (exact) mass is 541 g/mol. The number of anilines is 1. The van der Waals surface area contributed by atoms with E-state index in [2.05, 4.69) is 42.2 Å². The van der Waals surface area contributed by atoms with E-state index < -0.39 is 0 Å². The fourth-order valence-electron chi connectivity index (χ4n) is 4.65. The molecule has 7 heteroatoms. The molecule has 0 atom stereocenters. The second-order valence-corrected chi connectivity index (χ2v) is 11.2. The molecule has 2 aliphatic heterocycles. The number of amides is 1. The largest absolute Gasteiger partial charge is 0.334 e. The van der Waals surface area contributed by atoms with Crippen molar-refractivity contribution in [3.05, 3.63) is 112 Å². The number of halogens is 1. The van der Waals surface area contributed by atoms with Crippen LogP contribution in [-0.2, 0) is 11.2 Å². The SMILES string of the molecule is CCN1/C(=C2/SC(=Nc3cccc4ccccc34)N(CCc3ccccc3)C2=O)Sc2ccc(Cl)cc21. The summed E-state index contributed by atoms with van der Waals surface area (Å²) in [5, 5.41) is 4.55. The maximum Gasteiger partial charge on any atom is 0.269 e. The van der Waals surface area contributed by atoms with E-state index in [1.165, 1.54) is 17.3 Å². The molecule has 1 saturated heterocycles. The average Bonchev–Trinajstić information content (AvgIpc) is 3.44. The third kappa shape index (κ3) is 4.65. The van der Waals surface area contributed by atoms with Gasteiger partial charge in [-0.2, -0.15) is 0 Å². The van der Waals surface area contributed by atoms with Gasteiger partial charge in [0.25, 0.3) is 5.91 Å².